The third-order valence-electron chi connectivity index (χ3n) is 1.95. The monoisotopic (exact) mass is 281 g/mol. The fraction of sp³-hybridized carbons (Fsp3) is 0.545. The Morgan fingerprint density at radius 1 is 1.24 bits per heavy atom. The van der Waals surface area contributed by atoms with Crippen molar-refractivity contribution in [2.75, 3.05) is 19.6 Å². The zero-order valence-electron chi connectivity index (χ0n) is 9.93. The van der Waals surface area contributed by atoms with E-state index in [0.29, 0.717) is 6.54 Å². The van der Waals surface area contributed by atoms with Crippen LogP contribution in [0.5, 0.6) is 0 Å². The highest BCUT2D eigenvalue weighted by atomic mass is 35.5. The number of pyridine rings is 1. The predicted molar refractivity (Wildman–Crippen MR) is 75.0 cm³/mol. The molecular weight excluding hydrogens is 261 g/mol. The maximum Gasteiger partial charge on any atom is 0.0636 e. The van der Waals surface area contributed by atoms with Gasteiger partial charge < -0.3 is 15.7 Å². The van der Waals surface area contributed by atoms with E-state index in [1.807, 2.05) is 18.2 Å². The quantitative estimate of drug-likeness (QED) is 0.653. The number of rotatable bonds is 7. The maximum atomic E-state index is 8.99. The Labute approximate surface area is 115 Å². The van der Waals surface area contributed by atoms with Crippen molar-refractivity contribution >= 4 is 24.8 Å². The van der Waals surface area contributed by atoms with Gasteiger partial charge >= 0.3 is 0 Å². The van der Waals surface area contributed by atoms with Crippen molar-refractivity contribution in [2.45, 2.75) is 19.6 Å². The molecule has 0 saturated carbocycles. The van der Waals surface area contributed by atoms with E-state index in [9.17, 15) is 0 Å². The average molecular weight is 282 g/mol. The van der Waals surface area contributed by atoms with Gasteiger partial charge in [0.15, 0.2) is 0 Å². The topological polar surface area (TPSA) is 57.2 Å². The summed E-state index contributed by atoms with van der Waals surface area (Å²) < 4.78 is 0. The summed E-state index contributed by atoms with van der Waals surface area (Å²) in [6.45, 7) is 4.94. The Morgan fingerprint density at radius 3 is 2.53 bits per heavy atom. The van der Waals surface area contributed by atoms with Crippen molar-refractivity contribution < 1.29 is 5.11 Å². The summed E-state index contributed by atoms with van der Waals surface area (Å²) in [7, 11) is 0. The third-order valence-corrected chi connectivity index (χ3v) is 1.95. The molecule has 6 heteroatoms. The van der Waals surface area contributed by atoms with Crippen LogP contribution in [0.3, 0.4) is 0 Å². The summed E-state index contributed by atoms with van der Waals surface area (Å²) in [6, 6.07) is 5.89. The second-order valence-electron chi connectivity index (χ2n) is 3.55. The summed E-state index contributed by atoms with van der Waals surface area (Å²) in [5.74, 6) is 0. The predicted octanol–water partition coefficient (Wildman–Crippen LogP) is 0.985. The molecule has 17 heavy (non-hydrogen) atoms. The lowest BCUT2D eigenvalue weighted by Gasteiger charge is -2.07. The van der Waals surface area contributed by atoms with Crippen LogP contribution < -0.4 is 10.6 Å². The molecule has 0 radical (unpaired) electrons. The van der Waals surface area contributed by atoms with Gasteiger partial charge in [0.05, 0.1) is 11.8 Å². The van der Waals surface area contributed by atoms with E-state index in [2.05, 4.69) is 15.6 Å². The SMILES string of the molecule is CC(O)CNCCNCc1ccccn1.Cl.Cl. The van der Waals surface area contributed by atoms with Crippen LogP contribution >= 0.6 is 24.8 Å². The van der Waals surface area contributed by atoms with E-state index in [-0.39, 0.29) is 30.9 Å². The first kappa shape index (κ1) is 19.0. The molecule has 0 aromatic carbocycles. The molecule has 1 atom stereocenters. The minimum atomic E-state index is -0.277. The molecule has 1 aromatic heterocycles. The van der Waals surface area contributed by atoms with Gasteiger partial charge in [0.2, 0.25) is 0 Å². The molecule has 0 saturated heterocycles. The molecule has 0 spiro atoms. The van der Waals surface area contributed by atoms with E-state index < -0.39 is 0 Å². The van der Waals surface area contributed by atoms with Crippen LogP contribution in [0, 0.1) is 0 Å². The van der Waals surface area contributed by atoms with Gasteiger partial charge in [0.25, 0.3) is 0 Å². The first-order valence-corrected chi connectivity index (χ1v) is 5.28. The van der Waals surface area contributed by atoms with E-state index in [0.717, 1.165) is 25.3 Å². The minimum Gasteiger partial charge on any atom is -0.392 e. The van der Waals surface area contributed by atoms with Gasteiger partial charge in [-0.15, -0.1) is 24.8 Å². The molecule has 1 unspecified atom stereocenters. The smallest absolute Gasteiger partial charge is 0.0636 e. The zero-order valence-corrected chi connectivity index (χ0v) is 11.6. The molecule has 100 valence electrons. The first-order valence-electron chi connectivity index (χ1n) is 5.28. The third kappa shape index (κ3) is 10.5. The second-order valence-corrected chi connectivity index (χ2v) is 3.55. The molecular formula is C11H21Cl2N3O. The van der Waals surface area contributed by atoms with Crippen molar-refractivity contribution in [3.05, 3.63) is 30.1 Å². The van der Waals surface area contributed by atoms with Crippen molar-refractivity contribution in [3.63, 3.8) is 0 Å². The molecule has 0 aliphatic carbocycles. The number of aromatic nitrogens is 1. The van der Waals surface area contributed by atoms with Gasteiger partial charge in [0.1, 0.15) is 0 Å². The van der Waals surface area contributed by atoms with Gasteiger partial charge in [-0.3, -0.25) is 4.98 Å². The van der Waals surface area contributed by atoms with Crippen LogP contribution in [-0.4, -0.2) is 35.8 Å². The summed E-state index contributed by atoms with van der Waals surface area (Å²) in [5.41, 5.74) is 1.05. The van der Waals surface area contributed by atoms with Crippen molar-refractivity contribution in [1.82, 2.24) is 15.6 Å². The van der Waals surface area contributed by atoms with Crippen LogP contribution in [0.1, 0.15) is 12.6 Å². The number of hydrogen-bond acceptors (Lipinski definition) is 4. The summed E-state index contributed by atoms with van der Waals surface area (Å²) in [6.07, 6.45) is 1.52. The first-order chi connectivity index (χ1) is 7.29. The van der Waals surface area contributed by atoms with Crippen molar-refractivity contribution in [2.24, 2.45) is 0 Å². The molecule has 0 bridgehead atoms. The van der Waals surface area contributed by atoms with Crippen LogP contribution in [0.2, 0.25) is 0 Å². The standard InChI is InChI=1S/C11H19N3O.2ClH/c1-10(15)8-12-6-7-13-9-11-4-2-3-5-14-11;;/h2-5,10,12-13,15H,6-9H2,1H3;2*1H. The normalized spacial score (nSPS) is 11.2. The number of nitrogens with zero attached hydrogens (tertiary/aromatic N) is 1. The molecule has 1 rings (SSSR count). The van der Waals surface area contributed by atoms with Crippen LogP contribution in [0.15, 0.2) is 24.4 Å². The molecule has 0 aliphatic rings. The Bertz CT molecular complexity index is 260. The van der Waals surface area contributed by atoms with Crippen molar-refractivity contribution in [3.8, 4) is 0 Å². The number of halogens is 2. The lowest BCUT2D eigenvalue weighted by Crippen LogP contribution is -2.31. The Hall–Kier alpha value is -0.390. The van der Waals surface area contributed by atoms with E-state index in [1.165, 1.54) is 0 Å². The van der Waals surface area contributed by atoms with Gasteiger partial charge in [-0.05, 0) is 19.1 Å². The van der Waals surface area contributed by atoms with Gasteiger partial charge in [0, 0.05) is 32.4 Å². The number of aliphatic hydroxyl groups excluding tert-OH is 1. The highest BCUT2D eigenvalue weighted by Gasteiger charge is 1.94. The average Bonchev–Trinajstić information content (AvgIpc) is 2.24. The molecule has 3 N–H and O–H groups in total. The maximum absolute atomic E-state index is 8.99. The lowest BCUT2D eigenvalue weighted by molar-refractivity contribution is 0.191. The van der Waals surface area contributed by atoms with Crippen LogP contribution in [0.4, 0.5) is 0 Å². The Kier molecular flexibility index (Phi) is 13.5. The van der Waals surface area contributed by atoms with Crippen LogP contribution in [-0.2, 0) is 6.54 Å². The summed E-state index contributed by atoms with van der Waals surface area (Å²) in [5, 5.41) is 15.4. The van der Waals surface area contributed by atoms with E-state index >= 15 is 0 Å². The summed E-state index contributed by atoms with van der Waals surface area (Å²) in [4.78, 5) is 4.20. The molecule has 0 fully saturated rings. The number of hydrogen-bond donors (Lipinski definition) is 3. The number of nitrogens with one attached hydrogen (secondary N) is 2. The highest BCUT2D eigenvalue weighted by Crippen LogP contribution is 1.90. The Morgan fingerprint density at radius 2 is 1.94 bits per heavy atom. The minimum absolute atomic E-state index is 0. The molecule has 1 heterocycles. The molecule has 0 amide bonds. The van der Waals surface area contributed by atoms with E-state index in [4.69, 9.17) is 5.11 Å². The fourth-order valence-corrected chi connectivity index (χ4v) is 1.21. The van der Waals surface area contributed by atoms with Gasteiger partial charge in [-0.25, -0.2) is 0 Å². The molecule has 1 aromatic rings. The summed E-state index contributed by atoms with van der Waals surface area (Å²) >= 11 is 0. The Balaban J connectivity index is 0. The fourth-order valence-electron chi connectivity index (χ4n) is 1.21. The lowest BCUT2D eigenvalue weighted by atomic mass is 10.3. The highest BCUT2D eigenvalue weighted by molar-refractivity contribution is 5.85. The molecule has 4 nitrogen and oxygen atoms in total. The van der Waals surface area contributed by atoms with Crippen LogP contribution in [0.25, 0.3) is 0 Å². The second kappa shape index (κ2) is 12.1. The number of aliphatic hydroxyl groups is 1. The van der Waals surface area contributed by atoms with Gasteiger partial charge in [-0.2, -0.15) is 0 Å². The zero-order chi connectivity index (χ0) is 10.9. The largest absolute Gasteiger partial charge is 0.392 e. The molecule has 0 aliphatic heterocycles. The van der Waals surface area contributed by atoms with E-state index in [1.54, 1.807) is 13.1 Å². The van der Waals surface area contributed by atoms with Crippen molar-refractivity contribution in [1.29, 1.82) is 0 Å². The van der Waals surface area contributed by atoms with Gasteiger partial charge in [-0.1, -0.05) is 6.07 Å².